The molecule has 2 saturated heterocycles. The van der Waals surface area contributed by atoms with E-state index in [0.29, 0.717) is 22.6 Å². The second-order valence-corrected chi connectivity index (χ2v) is 9.22. The first-order valence-corrected chi connectivity index (χ1v) is 12.2. The van der Waals surface area contributed by atoms with E-state index in [1.54, 1.807) is 36.7 Å². The number of hydrogen-bond donors (Lipinski definition) is 1. The van der Waals surface area contributed by atoms with Gasteiger partial charge in [0.15, 0.2) is 0 Å². The van der Waals surface area contributed by atoms with E-state index in [2.05, 4.69) is 9.88 Å². The summed E-state index contributed by atoms with van der Waals surface area (Å²) < 4.78 is 5.45. The second kappa shape index (κ2) is 9.85. The van der Waals surface area contributed by atoms with Crippen LogP contribution in [0.2, 0.25) is 0 Å². The predicted molar refractivity (Wildman–Crippen MR) is 139 cm³/mol. The zero-order chi connectivity index (χ0) is 25.2. The molecule has 1 N–H and O–H groups in total. The first kappa shape index (κ1) is 23.6. The van der Waals surface area contributed by atoms with E-state index in [1.807, 2.05) is 37.3 Å². The third-order valence-electron chi connectivity index (χ3n) is 6.90. The monoisotopic (exact) mass is 483 g/mol. The minimum absolute atomic E-state index is 0.0111. The number of anilines is 2. The summed E-state index contributed by atoms with van der Waals surface area (Å²) in [7, 11) is 1.50. The summed E-state index contributed by atoms with van der Waals surface area (Å²) >= 11 is 0. The van der Waals surface area contributed by atoms with E-state index >= 15 is 0 Å². The standard InChI is InChI=1S/C29H29N3O4/c1-19-8-13-24(36-2)23(17-19)27(33)25-26(20-7-6-14-30-18-20)32(29(35)28(25)34)22-11-9-21(10-12-22)31-15-4-3-5-16-31/h6-14,17-18,26,33H,3-5,15-16H2,1-2H3/b27-25+. The van der Waals surface area contributed by atoms with E-state index in [4.69, 9.17) is 4.74 Å². The van der Waals surface area contributed by atoms with E-state index in [0.717, 1.165) is 24.3 Å². The molecule has 0 bridgehead atoms. The average Bonchev–Trinajstić information content (AvgIpc) is 3.19. The number of carbonyl (C=O) groups is 2. The zero-order valence-corrected chi connectivity index (χ0v) is 20.5. The Morgan fingerprint density at radius 2 is 1.72 bits per heavy atom. The fraction of sp³-hybridized carbons (Fsp3) is 0.276. The summed E-state index contributed by atoms with van der Waals surface area (Å²) in [4.78, 5) is 34.8. The van der Waals surface area contributed by atoms with Gasteiger partial charge in [-0.05, 0) is 74.2 Å². The van der Waals surface area contributed by atoms with Gasteiger partial charge in [0.2, 0.25) is 0 Å². The van der Waals surface area contributed by atoms with Gasteiger partial charge >= 0.3 is 0 Å². The minimum atomic E-state index is -0.829. The number of aliphatic hydroxyl groups excluding tert-OH is 1. The molecule has 2 aliphatic heterocycles. The normalized spacial score (nSPS) is 19.6. The van der Waals surface area contributed by atoms with E-state index in [9.17, 15) is 14.7 Å². The molecular formula is C29H29N3O4. The summed E-state index contributed by atoms with van der Waals surface area (Å²) in [5.74, 6) is -1.29. The third kappa shape index (κ3) is 4.21. The van der Waals surface area contributed by atoms with Crippen LogP contribution in [-0.4, -0.2) is 42.0 Å². The Kier molecular flexibility index (Phi) is 6.46. The van der Waals surface area contributed by atoms with Crippen LogP contribution in [0.3, 0.4) is 0 Å². The number of nitrogens with zero attached hydrogens (tertiary/aromatic N) is 3. The van der Waals surface area contributed by atoms with Gasteiger partial charge in [0, 0.05) is 36.9 Å². The highest BCUT2D eigenvalue weighted by molar-refractivity contribution is 6.51. The highest BCUT2D eigenvalue weighted by atomic mass is 16.5. The van der Waals surface area contributed by atoms with E-state index < -0.39 is 17.7 Å². The Morgan fingerprint density at radius 3 is 2.39 bits per heavy atom. The van der Waals surface area contributed by atoms with Gasteiger partial charge in [-0.15, -0.1) is 0 Å². The van der Waals surface area contributed by atoms with Crippen LogP contribution < -0.4 is 14.5 Å². The number of aliphatic hydroxyl groups is 1. The molecule has 0 radical (unpaired) electrons. The Hall–Kier alpha value is -4.13. The summed E-state index contributed by atoms with van der Waals surface area (Å²) in [5.41, 5.74) is 3.57. The molecule has 3 aromatic rings. The van der Waals surface area contributed by atoms with Crippen LogP contribution in [0.25, 0.3) is 5.76 Å². The molecule has 7 heteroatoms. The Balaban J connectivity index is 1.62. The highest BCUT2D eigenvalue weighted by Gasteiger charge is 2.47. The summed E-state index contributed by atoms with van der Waals surface area (Å²) in [6.45, 7) is 3.91. The number of methoxy groups -OCH3 is 1. The Morgan fingerprint density at radius 1 is 1.00 bits per heavy atom. The van der Waals surface area contributed by atoms with Gasteiger partial charge in [-0.25, -0.2) is 0 Å². The van der Waals surface area contributed by atoms with Gasteiger partial charge in [-0.3, -0.25) is 19.5 Å². The topological polar surface area (TPSA) is 83.0 Å². The molecule has 2 aromatic carbocycles. The first-order chi connectivity index (χ1) is 17.5. The maximum Gasteiger partial charge on any atom is 0.300 e. The number of aryl methyl sites for hydroxylation is 1. The number of ketones is 1. The number of amides is 1. The number of carbonyl (C=O) groups excluding carboxylic acids is 2. The third-order valence-corrected chi connectivity index (χ3v) is 6.90. The summed E-state index contributed by atoms with van der Waals surface area (Å²) in [6, 6.07) is 15.8. The molecule has 36 heavy (non-hydrogen) atoms. The van der Waals surface area contributed by atoms with Gasteiger partial charge in [0.25, 0.3) is 11.7 Å². The molecule has 1 aromatic heterocycles. The van der Waals surface area contributed by atoms with Crippen molar-refractivity contribution in [2.45, 2.75) is 32.2 Å². The number of Topliss-reactive ketones (excluding diaryl/α,β-unsaturated/α-hetero) is 1. The molecule has 184 valence electrons. The van der Waals surface area contributed by atoms with Crippen molar-refractivity contribution in [1.82, 2.24) is 4.98 Å². The number of aromatic nitrogens is 1. The van der Waals surface area contributed by atoms with Crippen molar-refractivity contribution in [3.8, 4) is 5.75 Å². The predicted octanol–water partition coefficient (Wildman–Crippen LogP) is 5.02. The van der Waals surface area contributed by atoms with Gasteiger partial charge in [-0.1, -0.05) is 17.7 Å². The Bertz CT molecular complexity index is 1310. The second-order valence-electron chi connectivity index (χ2n) is 9.22. The van der Waals surface area contributed by atoms with Crippen LogP contribution in [0.1, 0.15) is 42.0 Å². The Labute approximate surface area is 210 Å². The number of benzene rings is 2. The fourth-order valence-corrected chi connectivity index (χ4v) is 5.08. The number of piperidine rings is 1. The molecule has 1 unspecified atom stereocenters. The lowest BCUT2D eigenvalue weighted by molar-refractivity contribution is -0.132. The zero-order valence-electron chi connectivity index (χ0n) is 20.5. The van der Waals surface area contributed by atoms with E-state index in [1.165, 1.54) is 31.3 Å². The van der Waals surface area contributed by atoms with Gasteiger partial charge in [0.05, 0.1) is 24.3 Å². The van der Waals surface area contributed by atoms with Crippen molar-refractivity contribution < 1.29 is 19.4 Å². The smallest absolute Gasteiger partial charge is 0.300 e. The molecule has 0 spiro atoms. The van der Waals surface area contributed by atoms with Crippen molar-refractivity contribution in [3.63, 3.8) is 0 Å². The van der Waals surface area contributed by atoms with Crippen LogP contribution >= 0.6 is 0 Å². The van der Waals surface area contributed by atoms with Crippen LogP contribution in [-0.2, 0) is 9.59 Å². The number of hydrogen-bond acceptors (Lipinski definition) is 6. The number of rotatable bonds is 5. The lowest BCUT2D eigenvalue weighted by Crippen LogP contribution is -2.30. The lowest BCUT2D eigenvalue weighted by atomic mass is 9.95. The van der Waals surface area contributed by atoms with Crippen molar-refractivity contribution in [1.29, 1.82) is 0 Å². The van der Waals surface area contributed by atoms with Crippen LogP contribution in [0.15, 0.2) is 72.6 Å². The lowest BCUT2D eigenvalue weighted by Gasteiger charge is -2.30. The van der Waals surface area contributed by atoms with Gasteiger partial charge in [-0.2, -0.15) is 0 Å². The molecule has 1 atom stereocenters. The summed E-state index contributed by atoms with van der Waals surface area (Å²) in [5, 5.41) is 11.4. The molecule has 3 heterocycles. The number of ether oxygens (including phenoxy) is 1. The minimum Gasteiger partial charge on any atom is -0.507 e. The molecule has 2 fully saturated rings. The molecule has 5 rings (SSSR count). The van der Waals surface area contributed by atoms with Crippen LogP contribution in [0.5, 0.6) is 5.75 Å². The van der Waals surface area contributed by atoms with Crippen molar-refractivity contribution in [2.75, 3.05) is 30.0 Å². The van der Waals surface area contributed by atoms with Crippen LogP contribution in [0.4, 0.5) is 11.4 Å². The molecular weight excluding hydrogens is 454 g/mol. The van der Waals surface area contributed by atoms with Gasteiger partial charge in [0.1, 0.15) is 11.5 Å². The summed E-state index contributed by atoms with van der Waals surface area (Å²) in [6.07, 6.45) is 6.83. The largest absolute Gasteiger partial charge is 0.507 e. The fourth-order valence-electron chi connectivity index (χ4n) is 5.08. The van der Waals surface area contributed by atoms with Crippen LogP contribution in [0, 0.1) is 6.92 Å². The van der Waals surface area contributed by atoms with Gasteiger partial charge < -0.3 is 14.7 Å². The first-order valence-electron chi connectivity index (χ1n) is 12.2. The molecule has 2 aliphatic rings. The average molecular weight is 484 g/mol. The maximum atomic E-state index is 13.4. The van der Waals surface area contributed by atoms with E-state index in [-0.39, 0.29) is 11.3 Å². The number of pyridine rings is 1. The SMILES string of the molecule is COc1ccc(C)cc1/C(O)=C1\C(=O)C(=O)N(c2ccc(N3CCCCC3)cc2)C1c1cccnc1. The molecule has 0 aliphatic carbocycles. The molecule has 7 nitrogen and oxygen atoms in total. The maximum absolute atomic E-state index is 13.4. The molecule has 0 saturated carbocycles. The van der Waals surface area contributed by atoms with Crippen molar-refractivity contribution >= 4 is 28.8 Å². The quantitative estimate of drug-likeness (QED) is 0.312. The highest BCUT2D eigenvalue weighted by Crippen LogP contribution is 2.43. The molecule has 1 amide bonds. The van der Waals surface area contributed by atoms with Crippen molar-refractivity contribution in [2.24, 2.45) is 0 Å². The van der Waals surface area contributed by atoms with Crippen molar-refractivity contribution in [3.05, 3.63) is 89.3 Å².